The van der Waals surface area contributed by atoms with E-state index in [1.54, 1.807) is 5.71 Å². The number of rotatable bonds is 0. The maximum Gasteiger partial charge on any atom is 0.182 e. The van der Waals surface area contributed by atoms with Crippen LogP contribution in [-0.2, 0) is 4.74 Å². The fraction of sp³-hybridized carbons (Fsp3) is 0.909. The second kappa shape index (κ2) is 3.31. The van der Waals surface area contributed by atoms with Crippen molar-refractivity contribution in [2.45, 2.75) is 31.5 Å². The third-order valence-corrected chi connectivity index (χ3v) is 3.66. The molecule has 0 saturated carbocycles. The topological polar surface area (TPSA) is 15.5 Å². The van der Waals surface area contributed by atoms with Gasteiger partial charge in [0.2, 0.25) is 0 Å². The second-order valence-corrected chi connectivity index (χ2v) is 4.86. The Kier molecular flexibility index (Phi) is 2.10. The number of likely N-dealkylation sites (N-methyl/N-ethyl adjacent to an activating group) is 1. The standard InChI is InChI=1S/C11H19N2O/c1-12-6-9-7-13-5-3-2-4-10(13)11(8-12)14-9/h9,11H,2-8H2,1H3/q+1/t9-,11+/m0/s1. The van der Waals surface area contributed by atoms with E-state index in [0.717, 1.165) is 19.6 Å². The molecule has 1 saturated heterocycles. The Hall–Kier alpha value is -0.410. The minimum Gasteiger partial charge on any atom is -0.355 e. The monoisotopic (exact) mass is 195 g/mol. The molecule has 0 aromatic carbocycles. The Morgan fingerprint density at radius 1 is 1.36 bits per heavy atom. The number of fused-ring (bicyclic) bond motifs is 3. The highest BCUT2D eigenvalue weighted by Gasteiger charge is 2.41. The van der Waals surface area contributed by atoms with Crippen molar-refractivity contribution in [2.75, 3.05) is 33.2 Å². The highest BCUT2D eigenvalue weighted by atomic mass is 16.5. The molecule has 2 atom stereocenters. The maximum atomic E-state index is 6.04. The molecule has 1 fully saturated rings. The Labute approximate surface area is 85.3 Å². The zero-order valence-corrected chi connectivity index (χ0v) is 8.91. The third kappa shape index (κ3) is 1.39. The van der Waals surface area contributed by atoms with E-state index in [4.69, 9.17) is 4.74 Å². The van der Waals surface area contributed by atoms with Gasteiger partial charge in [-0.05, 0) is 13.5 Å². The van der Waals surface area contributed by atoms with Crippen molar-refractivity contribution in [2.24, 2.45) is 0 Å². The van der Waals surface area contributed by atoms with Crippen LogP contribution in [0.2, 0.25) is 0 Å². The molecular weight excluding hydrogens is 176 g/mol. The predicted octanol–water partition coefficient (Wildman–Crippen LogP) is 0.337. The van der Waals surface area contributed by atoms with Gasteiger partial charge in [0, 0.05) is 25.9 Å². The summed E-state index contributed by atoms with van der Waals surface area (Å²) in [5, 5.41) is 0. The van der Waals surface area contributed by atoms with Crippen molar-refractivity contribution < 1.29 is 9.31 Å². The van der Waals surface area contributed by atoms with Crippen LogP contribution in [0.25, 0.3) is 0 Å². The van der Waals surface area contributed by atoms with Crippen LogP contribution in [0.4, 0.5) is 0 Å². The number of ether oxygens (including phenoxy) is 1. The summed E-state index contributed by atoms with van der Waals surface area (Å²) in [7, 11) is 2.21. The Balaban J connectivity index is 1.89. The second-order valence-electron chi connectivity index (χ2n) is 4.86. The van der Waals surface area contributed by atoms with E-state index in [9.17, 15) is 0 Å². The SMILES string of the molecule is CN1C[C@H]2C[N+]3=C(CCCC3)[C@@H](C1)O2. The molecule has 0 radical (unpaired) electrons. The first kappa shape index (κ1) is 8.86. The molecule has 0 aromatic rings. The first-order chi connectivity index (χ1) is 6.83. The summed E-state index contributed by atoms with van der Waals surface area (Å²) in [4.78, 5) is 2.41. The van der Waals surface area contributed by atoms with Crippen LogP contribution in [-0.4, -0.2) is 60.6 Å². The van der Waals surface area contributed by atoms with Gasteiger partial charge in [0.15, 0.2) is 18.4 Å². The minimum absolute atomic E-state index is 0.410. The van der Waals surface area contributed by atoms with Gasteiger partial charge >= 0.3 is 0 Å². The summed E-state index contributed by atoms with van der Waals surface area (Å²) >= 11 is 0. The summed E-state index contributed by atoms with van der Waals surface area (Å²) < 4.78 is 8.63. The molecule has 3 aliphatic rings. The highest BCUT2D eigenvalue weighted by molar-refractivity contribution is 5.85. The number of hydrogen-bond acceptors (Lipinski definition) is 2. The molecule has 0 aliphatic carbocycles. The van der Waals surface area contributed by atoms with E-state index in [-0.39, 0.29) is 0 Å². The van der Waals surface area contributed by atoms with Crippen LogP contribution in [0.3, 0.4) is 0 Å². The van der Waals surface area contributed by atoms with Gasteiger partial charge in [-0.25, -0.2) is 4.58 Å². The van der Waals surface area contributed by atoms with Crippen LogP contribution >= 0.6 is 0 Å². The van der Waals surface area contributed by atoms with Crippen LogP contribution in [0.15, 0.2) is 0 Å². The van der Waals surface area contributed by atoms with Gasteiger partial charge in [0.05, 0.1) is 0 Å². The molecule has 0 N–H and O–H groups in total. The van der Waals surface area contributed by atoms with Gasteiger partial charge in [-0.1, -0.05) is 0 Å². The molecule has 3 heteroatoms. The summed E-state index contributed by atoms with van der Waals surface area (Å²) in [6, 6.07) is 0. The lowest BCUT2D eigenvalue weighted by molar-refractivity contribution is -0.557. The molecule has 3 aliphatic heterocycles. The fourth-order valence-electron chi connectivity index (χ4n) is 3.04. The van der Waals surface area contributed by atoms with Crippen LogP contribution in [0.5, 0.6) is 0 Å². The smallest absolute Gasteiger partial charge is 0.182 e. The van der Waals surface area contributed by atoms with Crippen molar-refractivity contribution in [3.63, 3.8) is 0 Å². The predicted molar refractivity (Wildman–Crippen MR) is 55.0 cm³/mol. The molecule has 2 bridgehead atoms. The molecule has 0 spiro atoms. The lowest BCUT2D eigenvalue weighted by Crippen LogP contribution is -2.58. The minimum atomic E-state index is 0.410. The zero-order valence-electron chi connectivity index (χ0n) is 8.91. The van der Waals surface area contributed by atoms with E-state index in [2.05, 4.69) is 16.5 Å². The molecule has 0 aromatic heterocycles. The molecule has 14 heavy (non-hydrogen) atoms. The summed E-state index contributed by atoms with van der Waals surface area (Å²) in [6.45, 7) is 4.62. The molecule has 3 rings (SSSR count). The normalized spacial score (nSPS) is 38.4. The zero-order chi connectivity index (χ0) is 9.54. The molecule has 3 nitrogen and oxygen atoms in total. The fourth-order valence-corrected chi connectivity index (χ4v) is 3.04. The van der Waals surface area contributed by atoms with Gasteiger partial charge in [-0.2, -0.15) is 0 Å². The van der Waals surface area contributed by atoms with Gasteiger partial charge in [-0.15, -0.1) is 0 Å². The molecule has 3 heterocycles. The quantitative estimate of drug-likeness (QED) is 0.518. The van der Waals surface area contributed by atoms with E-state index in [0.29, 0.717) is 12.2 Å². The van der Waals surface area contributed by atoms with Crippen molar-refractivity contribution in [3.05, 3.63) is 0 Å². The van der Waals surface area contributed by atoms with Crippen molar-refractivity contribution in [1.82, 2.24) is 4.90 Å². The lowest BCUT2D eigenvalue weighted by Gasteiger charge is -2.39. The number of morpholine rings is 1. The van der Waals surface area contributed by atoms with Gasteiger partial charge in [0.1, 0.15) is 12.6 Å². The van der Waals surface area contributed by atoms with Gasteiger partial charge < -0.3 is 9.64 Å². The van der Waals surface area contributed by atoms with Crippen LogP contribution in [0.1, 0.15) is 19.3 Å². The van der Waals surface area contributed by atoms with E-state index in [1.165, 1.54) is 25.8 Å². The van der Waals surface area contributed by atoms with Crippen molar-refractivity contribution in [1.29, 1.82) is 0 Å². The maximum absolute atomic E-state index is 6.04. The van der Waals surface area contributed by atoms with E-state index in [1.807, 2.05) is 0 Å². The Bertz CT molecular complexity index is 274. The summed E-state index contributed by atoms with van der Waals surface area (Å²) in [5.41, 5.74) is 1.58. The van der Waals surface area contributed by atoms with Crippen molar-refractivity contribution >= 4 is 5.71 Å². The van der Waals surface area contributed by atoms with Crippen LogP contribution < -0.4 is 0 Å². The largest absolute Gasteiger partial charge is 0.355 e. The van der Waals surface area contributed by atoms with E-state index < -0.39 is 0 Å². The summed E-state index contributed by atoms with van der Waals surface area (Å²) in [5.74, 6) is 0. The first-order valence-corrected chi connectivity index (χ1v) is 5.77. The highest BCUT2D eigenvalue weighted by Crippen LogP contribution is 2.21. The van der Waals surface area contributed by atoms with Gasteiger partial charge in [-0.3, -0.25) is 0 Å². The molecule has 78 valence electrons. The first-order valence-electron chi connectivity index (χ1n) is 5.77. The lowest BCUT2D eigenvalue weighted by atomic mass is 9.98. The number of nitrogens with zero attached hydrogens (tertiary/aromatic N) is 2. The van der Waals surface area contributed by atoms with E-state index >= 15 is 0 Å². The van der Waals surface area contributed by atoms with Crippen LogP contribution in [0, 0.1) is 0 Å². The molecule has 0 amide bonds. The Morgan fingerprint density at radius 2 is 2.29 bits per heavy atom. The third-order valence-electron chi connectivity index (χ3n) is 3.66. The summed E-state index contributed by atoms with van der Waals surface area (Å²) in [6.07, 6.45) is 4.87. The van der Waals surface area contributed by atoms with Crippen molar-refractivity contribution in [3.8, 4) is 0 Å². The van der Waals surface area contributed by atoms with Gasteiger partial charge in [0.25, 0.3) is 0 Å². The average molecular weight is 195 g/mol. The number of hydrogen-bond donors (Lipinski definition) is 0. The molecular formula is C11H19N2O+. The Morgan fingerprint density at radius 3 is 3.21 bits per heavy atom. The molecule has 0 unspecified atom stereocenters. The average Bonchev–Trinajstić information content (AvgIpc) is 2.17.